The van der Waals surface area contributed by atoms with E-state index in [-0.39, 0.29) is 6.61 Å². The van der Waals surface area contributed by atoms with Crippen LogP contribution in [0.15, 0.2) is 30.3 Å². The summed E-state index contributed by atoms with van der Waals surface area (Å²) in [5.41, 5.74) is 0.750. The lowest BCUT2D eigenvalue weighted by atomic mass is 9.85. The highest BCUT2D eigenvalue weighted by molar-refractivity contribution is 5.78. The van der Waals surface area contributed by atoms with Crippen LogP contribution in [0.1, 0.15) is 5.56 Å². The van der Waals surface area contributed by atoms with Gasteiger partial charge in [-0.2, -0.15) is 0 Å². The first kappa shape index (κ1) is 20.1. The summed E-state index contributed by atoms with van der Waals surface area (Å²) in [6, 6.07) is 8.85. The van der Waals surface area contributed by atoms with Crippen LogP contribution in [0.3, 0.4) is 0 Å². The average molecular weight is 371 g/mol. The van der Waals surface area contributed by atoms with E-state index in [0.717, 1.165) is 5.56 Å². The van der Waals surface area contributed by atoms with Crippen LogP contribution in [-0.4, -0.2) is 80.8 Å². The molecule has 0 bridgehead atoms. The minimum Gasteiger partial charge on any atom is -0.455 e. The van der Waals surface area contributed by atoms with Gasteiger partial charge >= 0.3 is 12.1 Å². The molecule has 1 fully saturated rings. The van der Waals surface area contributed by atoms with Gasteiger partial charge < -0.3 is 40.3 Å². The van der Waals surface area contributed by atoms with Crippen LogP contribution in [0.5, 0.6) is 0 Å². The summed E-state index contributed by atoms with van der Waals surface area (Å²) in [5, 5.41) is 50.2. The highest BCUT2D eigenvalue weighted by Gasteiger charge is 2.50. The van der Waals surface area contributed by atoms with E-state index in [2.05, 4.69) is 5.32 Å². The van der Waals surface area contributed by atoms with Gasteiger partial charge in [0.05, 0.1) is 0 Å². The SMILES string of the molecule is O=C(CNC(=O)OCc1ccccc1)OC1[C@@H](O)[C@H](O)C(O)[C@H](O)[C@H]1O. The van der Waals surface area contributed by atoms with Crippen LogP contribution in [-0.2, 0) is 20.9 Å². The molecule has 0 radical (unpaired) electrons. The molecule has 0 saturated heterocycles. The van der Waals surface area contributed by atoms with E-state index in [1.807, 2.05) is 0 Å². The Balaban J connectivity index is 1.78. The second-order valence-electron chi connectivity index (χ2n) is 5.82. The molecular weight excluding hydrogens is 350 g/mol. The molecule has 1 saturated carbocycles. The number of alkyl carbamates (subject to hydrolysis) is 1. The number of aliphatic hydroxyl groups excluding tert-OH is 5. The second-order valence-corrected chi connectivity index (χ2v) is 5.82. The number of nitrogens with one attached hydrogen (secondary N) is 1. The lowest BCUT2D eigenvalue weighted by molar-refractivity contribution is -0.233. The second kappa shape index (κ2) is 8.92. The molecule has 2 rings (SSSR count). The lowest BCUT2D eigenvalue weighted by Gasteiger charge is -2.41. The van der Waals surface area contributed by atoms with E-state index in [9.17, 15) is 35.1 Å². The average Bonchev–Trinajstić information content (AvgIpc) is 2.65. The van der Waals surface area contributed by atoms with Gasteiger partial charge in [-0.1, -0.05) is 30.3 Å². The van der Waals surface area contributed by atoms with Crippen molar-refractivity contribution in [3.05, 3.63) is 35.9 Å². The maximum Gasteiger partial charge on any atom is 0.407 e. The highest BCUT2D eigenvalue weighted by Crippen LogP contribution is 2.23. The number of esters is 1. The van der Waals surface area contributed by atoms with Gasteiger partial charge in [-0.15, -0.1) is 0 Å². The number of benzene rings is 1. The van der Waals surface area contributed by atoms with Gasteiger partial charge in [-0.3, -0.25) is 4.79 Å². The number of ether oxygens (including phenoxy) is 2. The normalized spacial score (nSPS) is 31.1. The maximum atomic E-state index is 11.7. The van der Waals surface area contributed by atoms with Gasteiger partial charge in [0.1, 0.15) is 43.7 Å². The zero-order valence-corrected chi connectivity index (χ0v) is 13.6. The van der Waals surface area contributed by atoms with Crippen LogP contribution in [0, 0.1) is 0 Å². The number of amides is 1. The van der Waals surface area contributed by atoms with Gasteiger partial charge in [-0.25, -0.2) is 4.79 Å². The van der Waals surface area contributed by atoms with Crippen molar-refractivity contribution in [3.8, 4) is 0 Å². The minimum absolute atomic E-state index is 0.00194. The summed E-state index contributed by atoms with van der Waals surface area (Å²) >= 11 is 0. The molecule has 1 aromatic rings. The van der Waals surface area contributed by atoms with E-state index >= 15 is 0 Å². The Morgan fingerprint density at radius 2 is 1.42 bits per heavy atom. The van der Waals surface area contributed by atoms with Gasteiger partial charge in [0.15, 0.2) is 6.10 Å². The molecule has 1 aliphatic rings. The number of aliphatic hydroxyl groups is 5. The molecule has 0 heterocycles. The van der Waals surface area contributed by atoms with Crippen LogP contribution in [0.25, 0.3) is 0 Å². The summed E-state index contributed by atoms with van der Waals surface area (Å²) in [6.45, 7) is -0.629. The van der Waals surface area contributed by atoms with Crippen molar-refractivity contribution < 1.29 is 44.6 Å². The Morgan fingerprint density at radius 3 is 2.00 bits per heavy atom. The fraction of sp³-hybridized carbons (Fsp3) is 0.500. The molecule has 0 aliphatic heterocycles. The van der Waals surface area contributed by atoms with Crippen LogP contribution < -0.4 is 5.32 Å². The maximum absolute atomic E-state index is 11.7. The molecule has 26 heavy (non-hydrogen) atoms. The zero-order valence-electron chi connectivity index (χ0n) is 13.6. The number of carbonyl (C=O) groups is 2. The molecule has 10 nitrogen and oxygen atoms in total. The van der Waals surface area contributed by atoms with Crippen LogP contribution in [0.4, 0.5) is 4.79 Å². The van der Waals surface area contributed by atoms with Crippen molar-refractivity contribution in [3.63, 3.8) is 0 Å². The number of hydrogen-bond donors (Lipinski definition) is 6. The third-order valence-corrected chi connectivity index (χ3v) is 3.93. The topological polar surface area (TPSA) is 166 Å². The Bertz CT molecular complexity index is 595. The van der Waals surface area contributed by atoms with Crippen LogP contribution >= 0.6 is 0 Å². The van der Waals surface area contributed by atoms with Crippen LogP contribution in [0.2, 0.25) is 0 Å². The standard InChI is InChI=1S/C16H21NO9/c18-9(6-17-16(24)25-7-8-4-2-1-3-5-8)26-15-13(22)11(20)10(19)12(21)14(15)23/h1-5,10-15,19-23H,6-7H2,(H,17,24)/t10?,11-,12+,13+,14-,15?. The van der Waals surface area contributed by atoms with Crippen molar-refractivity contribution in [1.29, 1.82) is 0 Å². The predicted molar refractivity (Wildman–Crippen MR) is 84.5 cm³/mol. The largest absolute Gasteiger partial charge is 0.455 e. The van der Waals surface area contributed by atoms with E-state index in [1.54, 1.807) is 30.3 Å². The van der Waals surface area contributed by atoms with Crippen molar-refractivity contribution in [1.82, 2.24) is 5.32 Å². The molecule has 6 atom stereocenters. The minimum atomic E-state index is -1.81. The quantitative estimate of drug-likeness (QED) is 0.310. The fourth-order valence-corrected chi connectivity index (χ4v) is 2.45. The van der Waals surface area contributed by atoms with Crippen molar-refractivity contribution in [2.75, 3.05) is 6.54 Å². The Morgan fingerprint density at radius 1 is 0.885 bits per heavy atom. The van der Waals surface area contributed by atoms with Gasteiger partial charge in [-0.05, 0) is 5.56 Å². The van der Waals surface area contributed by atoms with Crippen molar-refractivity contribution >= 4 is 12.1 Å². The molecule has 1 aromatic carbocycles. The van der Waals surface area contributed by atoms with Gasteiger partial charge in [0.25, 0.3) is 0 Å². The zero-order chi connectivity index (χ0) is 19.3. The Kier molecular flexibility index (Phi) is 6.89. The summed E-state index contributed by atoms with van der Waals surface area (Å²) in [5.74, 6) is -1.04. The first-order chi connectivity index (χ1) is 12.3. The van der Waals surface area contributed by atoms with E-state index in [1.165, 1.54) is 0 Å². The third kappa shape index (κ3) is 4.90. The molecular formula is C16H21NO9. The first-order valence-corrected chi connectivity index (χ1v) is 7.85. The van der Waals surface area contributed by atoms with E-state index in [4.69, 9.17) is 9.47 Å². The summed E-state index contributed by atoms with van der Waals surface area (Å²) in [7, 11) is 0. The van der Waals surface area contributed by atoms with Gasteiger partial charge in [0.2, 0.25) is 0 Å². The molecule has 1 amide bonds. The Labute approximate surface area is 148 Å². The molecule has 2 unspecified atom stereocenters. The predicted octanol–water partition coefficient (Wildman–Crippen LogP) is -2.36. The number of carbonyl (C=O) groups excluding carboxylic acids is 2. The molecule has 1 aliphatic carbocycles. The highest BCUT2D eigenvalue weighted by atomic mass is 16.6. The molecule has 0 aromatic heterocycles. The molecule has 0 spiro atoms. The monoisotopic (exact) mass is 371 g/mol. The third-order valence-electron chi connectivity index (χ3n) is 3.93. The van der Waals surface area contributed by atoms with Crippen molar-refractivity contribution in [2.24, 2.45) is 0 Å². The summed E-state index contributed by atoms with van der Waals surface area (Å²) in [6.07, 6.45) is -11.6. The molecule has 6 N–H and O–H groups in total. The fourth-order valence-electron chi connectivity index (χ4n) is 2.45. The van der Waals surface area contributed by atoms with Crippen molar-refractivity contribution in [2.45, 2.75) is 43.2 Å². The van der Waals surface area contributed by atoms with E-state index < -0.39 is 55.2 Å². The Hall–Kier alpha value is -2.24. The van der Waals surface area contributed by atoms with Gasteiger partial charge in [0, 0.05) is 0 Å². The first-order valence-electron chi connectivity index (χ1n) is 7.85. The summed E-state index contributed by atoms with van der Waals surface area (Å²) in [4.78, 5) is 23.3. The number of rotatable bonds is 5. The molecule has 10 heteroatoms. The summed E-state index contributed by atoms with van der Waals surface area (Å²) < 4.78 is 9.67. The smallest absolute Gasteiger partial charge is 0.407 e. The van der Waals surface area contributed by atoms with E-state index in [0.29, 0.717) is 0 Å². The molecule has 144 valence electrons. The lowest BCUT2D eigenvalue weighted by Crippen LogP contribution is -2.64. The number of hydrogen-bond acceptors (Lipinski definition) is 9.